The molecule has 0 aromatic carbocycles. The summed E-state index contributed by atoms with van der Waals surface area (Å²) in [6.07, 6.45) is 7.86. The Morgan fingerprint density at radius 1 is 1.29 bits per heavy atom. The van der Waals surface area contributed by atoms with Gasteiger partial charge in [0.15, 0.2) is 5.78 Å². The molecule has 2 rings (SSSR count). The lowest BCUT2D eigenvalue weighted by Gasteiger charge is -2.23. The van der Waals surface area contributed by atoms with E-state index in [1.54, 1.807) is 6.07 Å². The van der Waals surface area contributed by atoms with Gasteiger partial charge in [-0.3, -0.25) is 4.79 Å². The van der Waals surface area contributed by atoms with Crippen molar-refractivity contribution in [1.82, 2.24) is 20.0 Å². The van der Waals surface area contributed by atoms with Crippen molar-refractivity contribution < 1.29 is 23.6 Å². The maximum Gasteiger partial charge on any atom is 0.408 e. The largest absolute Gasteiger partial charge is 0.444 e. The minimum absolute atomic E-state index is 0.0817. The fraction of sp³-hybridized carbons (Fsp3) is 0.583. The van der Waals surface area contributed by atoms with Gasteiger partial charge in [0, 0.05) is 33.4 Å². The predicted molar refractivity (Wildman–Crippen MR) is 140 cm³/mol. The third-order valence-corrected chi connectivity index (χ3v) is 6.89. The zero-order valence-corrected chi connectivity index (χ0v) is 24.1. The molecule has 0 aliphatic heterocycles. The van der Waals surface area contributed by atoms with Gasteiger partial charge in [-0.1, -0.05) is 36.9 Å². The summed E-state index contributed by atoms with van der Waals surface area (Å²) >= 11 is 3.44. The fourth-order valence-electron chi connectivity index (χ4n) is 3.05. The highest BCUT2D eigenvalue weighted by atomic mass is 79.9. The Hall–Kier alpha value is -2.24. The van der Waals surface area contributed by atoms with E-state index in [0.717, 1.165) is 6.04 Å². The minimum Gasteiger partial charge on any atom is -0.444 e. The maximum atomic E-state index is 12.5. The molecule has 0 radical (unpaired) electrons. The summed E-state index contributed by atoms with van der Waals surface area (Å²) in [5.74, 6) is 0.570. The van der Waals surface area contributed by atoms with Crippen molar-refractivity contribution in [2.45, 2.75) is 84.1 Å². The minimum atomic E-state index is -1.20. The van der Waals surface area contributed by atoms with Crippen LogP contribution in [-0.4, -0.2) is 46.9 Å². The average molecular weight is 570 g/mol. The number of rotatable bonds is 13. The van der Waals surface area contributed by atoms with E-state index < -0.39 is 25.8 Å². The Morgan fingerprint density at radius 2 is 2.03 bits per heavy atom. The number of Topliss-reactive ketones (excluding diaryl/α,β-unsaturated/α-hetero) is 1. The van der Waals surface area contributed by atoms with E-state index in [1.165, 1.54) is 6.26 Å². The van der Waals surface area contributed by atoms with E-state index in [4.69, 9.17) is 14.0 Å². The summed E-state index contributed by atoms with van der Waals surface area (Å²) < 4.78 is 18.6. The van der Waals surface area contributed by atoms with Gasteiger partial charge in [0.2, 0.25) is 0 Å². The van der Waals surface area contributed by atoms with Crippen molar-refractivity contribution in [2.75, 3.05) is 6.61 Å². The van der Waals surface area contributed by atoms with Crippen LogP contribution >= 0.6 is 15.9 Å². The molecule has 0 fully saturated rings. The molecule has 9 nitrogen and oxygen atoms in total. The molecule has 2 aromatic rings. The van der Waals surface area contributed by atoms with Crippen molar-refractivity contribution >= 4 is 35.9 Å². The van der Waals surface area contributed by atoms with Crippen molar-refractivity contribution in [1.29, 1.82) is 0 Å². The van der Waals surface area contributed by atoms with Gasteiger partial charge in [0.25, 0.3) is 0 Å². The van der Waals surface area contributed by atoms with Gasteiger partial charge in [-0.05, 0) is 55.6 Å². The van der Waals surface area contributed by atoms with Crippen LogP contribution in [-0.2, 0) is 16.2 Å². The number of hydrogen-bond acceptors (Lipinski definition) is 7. The van der Waals surface area contributed by atoms with Crippen LogP contribution in [0.15, 0.2) is 39.8 Å². The number of allylic oxidation sites excluding steroid dienone is 1. The maximum absolute atomic E-state index is 12.5. The number of nitrogens with one attached hydrogen (secondary N) is 1. The first kappa shape index (κ1) is 29.0. The van der Waals surface area contributed by atoms with Crippen molar-refractivity contribution in [3.05, 3.63) is 46.8 Å². The molecule has 1 atom stereocenters. The van der Waals surface area contributed by atoms with Gasteiger partial charge in [-0.2, -0.15) is 0 Å². The third-order valence-electron chi connectivity index (χ3n) is 4.81. The number of ether oxygens (including phenoxy) is 2. The number of carbonyl (C=O) groups excluding carboxylic acids is 2. The predicted octanol–water partition coefficient (Wildman–Crippen LogP) is 6.12. The van der Waals surface area contributed by atoms with Crippen molar-refractivity contribution in [3.8, 4) is 0 Å². The van der Waals surface area contributed by atoms with Crippen LogP contribution in [0.1, 0.15) is 62.4 Å². The van der Waals surface area contributed by atoms with E-state index in [1.807, 2.05) is 43.7 Å². The standard InChI is InChI=1S/C24H37BrN4O5Si/c1-24(2,3)34-23(31)26-19(10-8-7-9-11-20(30)18-12-13-33-28-18)22-27-21(25)16-29(22)17-32-14-15-35(4,5)6/h7-8,12-13,16,19H,9-11,14-15,17H2,1-6H3,(H,26,31)/t19-/m0/s1. The van der Waals surface area contributed by atoms with Gasteiger partial charge in [-0.25, -0.2) is 9.78 Å². The van der Waals surface area contributed by atoms with Gasteiger partial charge in [-0.15, -0.1) is 0 Å². The molecule has 0 saturated carbocycles. The van der Waals surface area contributed by atoms with Crippen LogP contribution < -0.4 is 5.32 Å². The molecule has 1 N–H and O–H groups in total. The average Bonchev–Trinajstić information content (AvgIpc) is 3.38. The molecule has 35 heavy (non-hydrogen) atoms. The molecule has 0 aliphatic rings. The number of nitrogens with zero attached hydrogens (tertiary/aromatic N) is 3. The highest BCUT2D eigenvalue weighted by molar-refractivity contribution is 9.10. The van der Waals surface area contributed by atoms with Crippen LogP contribution in [0, 0.1) is 0 Å². The topological polar surface area (TPSA) is 108 Å². The first-order valence-electron chi connectivity index (χ1n) is 11.7. The van der Waals surface area contributed by atoms with Crippen molar-refractivity contribution in [2.24, 2.45) is 0 Å². The zero-order valence-electron chi connectivity index (χ0n) is 21.5. The molecule has 1 amide bonds. The summed E-state index contributed by atoms with van der Waals surface area (Å²) in [4.78, 5) is 29.2. The first-order chi connectivity index (χ1) is 16.3. The highest BCUT2D eigenvalue weighted by Crippen LogP contribution is 2.22. The molecule has 0 unspecified atom stereocenters. The third kappa shape index (κ3) is 11.4. The second-order valence-corrected chi connectivity index (χ2v) is 16.9. The number of halogens is 1. The zero-order chi connectivity index (χ0) is 26.1. The van der Waals surface area contributed by atoms with E-state index in [0.29, 0.717) is 48.7 Å². The number of aromatic nitrogens is 3. The van der Waals surface area contributed by atoms with Gasteiger partial charge < -0.3 is 23.9 Å². The van der Waals surface area contributed by atoms with Gasteiger partial charge in [0.05, 0.1) is 6.04 Å². The smallest absolute Gasteiger partial charge is 0.408 e. The number of ketones is 1. The van der Waals surface area contributed by atoms with Crippen molar-refractivity contribution in [3.63, 3.8) is 0 Å². The normalized spacial score (nSPS) is 13.2. The van der Waals surface area contributed by atoms with Crippen LogP contribution in [0.25, 0.3) is 0 Å². The molecule has 2 heterocycles. The Kier molecular flexibility index (Phi) is 10.9. The van der Waals surface area contributed by atoms with E-state index in [2.05, 4.69) is 51.0 Å². The molecule has 194 valence electrons. The second-order valence-electron chi connectivity index (χ2n) is 10.5. The monoisotopic (exact) mass is 568 g/mol. The summed E-state index contributed by atoms with van der Waals surface area (Å²) in [6.45, 7) is 13.4. The summed E-state index contributed by atoms with van der Waals surface area (Å²) in [5, 5.41) is 6.59. The lowest BCUT2D eigenvalue weighted by Crippen LogP contribution is -2.36. The number of amides is 1. The SMILES string of the molecule is CC(C)(C)OC(=O)N[C@@H](CC=CCCC(=O)c1ccon1)c1nc(Br)cn1COCC[Si](C)(C)C. The molecule has 0 bridgehead atoms. The Labute approximate surface area is 216 Å². The van der Waals surface area contributed by atoms with E-state index in [-0.39, 0.29) is 5.78 Å². The van der Waals surface area contributed by atoms with Crippen LogP contribution in [0.5, 0.6) is 0 Å². The lowest BCUT2D eigenvalue weighted by molar-refractivity contribution is 0.0492. The number of carbonyl (C=O) groups is 2. The van der Waals surface area contributed by atoms with E-state index >= 15 is 0 Å². The second kappa shape index (κ2) is 13.2. The molecular formula is C24H37BrN4O5Si. The van der Waals surface area contributed by atoms with Gasteiger partial charge in [0.1, 0.15) is 34.7 Å². The summed E-state index contributed by atoms with van der Waals surface area (Å²) in [5.41, 5.74) is -0.300. The number of hydrogen-bond donors (Lipinski definition) is 1. The molecule has 0 spiro atoms. The molecule has 0 saturated heterocycles. The Balaban J connectivity index is 2.06. The van der Waals surface area contributed by atoms with Gasteiger partial charge >= 0.3 is 6.09 Å². The first-order valence-corrected chi connectivity index (χ1v) is 16.2. The molecular weight excluding hydrogens is 532 g/mol. The van der Waals surface area contributed by atoms with Crippen LogP contribution in [0.2, 0.25) is 25.7 Å². The molecule has 2 aromatic heterocycles. The van der Waals surface area contributed by atoms with Crippen LogP contribution in [0.3, 0.4) is 0 Å². The highest BCUT2D eigenvalue weighted by Gasteiger charge is 2.24. The number of imidazole rings is 1. The fourth-order valence-corrected chi connectivity index (χ4v) is 4.23. The Bertz CT molecular complexity index is 977. The Morgan fingerprint density at radius 3 is 2.66 bits per heavy atom. The summed E-state index contributed by atoms with van der Waals surface area (Å²) in [7, 11) is -1.20. The molecule has 11 heteroatoms. The van der Waals surface area contributed by atoms with E-state index in [9.17, 15) is 9.59 Å². The van der Waals surface area contributed by atoms with Crippen LogP contribution in [0.4, 0.5) is 4.79 Å². The lowest BCUT2D eigenvalue weighted by atomic mass is 10.1. The summed E-state index contributed by atoms with van der Waals surface area (Å²) in [6, 6.07) is 2.17. The molecule has 0 aliphatic carbocycles. The quantitative estimate of drug-likeness (QED) is 0.134. The number of alkyl carbamates (subject to hydrolysis) is 1.